The van der Waals surface area contributed by atoms with E-state index in [2.05, 4.69) is 32.9 Å². The molecule has 1 unspecified atom stereocenters. The SMILES string of the molecule is CC1=CCCC(C)(C)C1/C=C/[C@](C)(O)[C@@H](C)C(=O)c1ccccc1. The molecule has 3 atom stereocenters. The quantitative estimate of drug-likeness (QED) is 0.597. The second-order valence-electron chi connectivity index (χ2n) is 7.99. The van der Waals surface area contributed by atoms with Crippen LogP contribution in [0.4, 0.5) is 0 Å². The van der Waals surface area contributed by atoms with Crippen LogP contribution in [0, 0.1) is 17.3 Å². The lowest BCUT2D eigenvalue weighted by molar-refractivity contribution is 0.0444. The summed E-state index contributed by atoms with van der Waals surface area (Å²) in [5.74, 6) is -0.218. The zero-order valence-corrected chi connectivity index (χ0v) is 15.5. The highest BCUT2D eigenvalue weighted by molar-refractivity contribution is 5.98. The molecule has 0 fully saturated rings. The van der Waals surface area contributed by atoms with Crippen LogP contribution in [0.2, 0.25) is 0 Å². The number of aliphatic hydroxyl groups is 1. The molecule has 0 saturated carbocycles. The Hall–Kier alpha value is -1.67. The van der Waals surface area contributed by atoms with E-state index in [1.165, 1.54) is 5.57 Å². The van der Waals surface area contributed by atoms with Crippen molar-refractivity contribution in [1.82, 2.24) is 0 Å². The third kappa shape index (κ3) is 4.05. The Morgan fingerprint density at radius 1 is 1.33 bits per heavy atom. The average Bonchev–Trinajstić information content (AvgIpc) is 2.53. The molecular formula is C22H30O2. The summed E-state index contributed by atoms with van der Waals surface area (Å²) in [6.07, 6.45) is 8.46. The summed E-state index contributed by atoms with van der Waals surface area (Å²) in [4.78, 5) is 12.6. The van der Waals surface area contributed by atoms with Gasteiger partial charge in [0.05, 0.1) is 11.5 Å². The maximum Gasteiger partial charge on any atom is 0.168 e. The average molecular weight is 326 g/mol. The largest absolute Gasteiger partial charge is 0.385 e. The summed E-state index contributed by atoms with van der Waals surface area (Å²) >= 11 is 0. The summed E-state index contributed by atoms with van der Waals surface area (Å²) in [5, 5.41) is 10.9. The van der Waals surface area contributed by atoms with Crippen LogP contribution in [0.3, 0.4) is 0 Å². The predicted molar refractivity (Wildman–Crippen MR) is 100.0 cm³/mol. The lowest BCUT2D eigenvalue weighted by atomic mass is 9.68. The molecule has 2 rings (SSSR count). The molecule has 0 spiro atoms. The van der Waals surface area contributed by atoms with Crippen molar-refractivity contribution in [1.29, 1.82) is 0 Å². The number of hydrogen-bond donors (Lipinski definition) is 1. The first-order chi connectivity index (χ1) is 11.1. The Morgan fingerprint density at radius 2 is 1.96 bits per heavy atom. The van der Waals surface area contributed by atoms with E-state index in [9.17, 15) is 9.90 Å². The number of benzene rings is 1. The fourth-order valence-corrected chi connectivity index (χ4v) is 3.54. The van der Waals surface area contributed by atoms with Gasteiger partial charge in [0.1, 0.15) is 0 Å². The van der Waals surface area contributed by atoms with Gasteiger partial charge in [-0.25, -0.2) is 0 Å². The Labute approximate surface area is 146 Å². The molecule has 0 heterocycles. The molecule has 2 heteroatoms. The molecule has 1 aliphatic carbocycles. The van der Waals surface area contributed by atoms with Gasteiger partial charge in [-0.15, -0.1) is 0 Å². The van der Waals surface area contributed by atoms with Crippen molar-refractivity contribution >= 4 is 5.78 Å². The van der Waals surface area contributed by atoms with Gasteiger partial charge in [0.25, 0.3) is 0 Å². The Morgan fingerprint density at radius 3 is 2.54 bits per heavy atom. The first kappa shape index (κ1) is 18.7. The van der Waals surface area contributed by atoms with Crippen LogP contribution in [-0.4, -0.2) is 16.5 Å². The maximum absolute atomic E-state index is 12.6. The van der Waals surface area contributed by atoms with E-state index in [1.54, 1.807) is 26.0 Å². The first-order valence-corrected chi connectivity index (χ1v) is 8.83. The maximum atomic E-state index is 12.6. The van der Waals surface area contributed by atoms with Crippen molar-refractivity contribution in [3.05, 3.63) is 59.7 Å². The number of allylic oxidation sites excluding steroid dienone is 3. The minimum atomic E-state index is -1.17. The van der Waals surface area contributed by atoms with Crippen LogP contribution >= 0.6 is 0 Å². The molecule has 0 saturated heterocycles. The minimum Gasteiger partial charge on any atom is -0.385 e. The molecule has 0 radical (unpaired) electrons. The second-order valence-corrected chi connectivity index (χ2v) is 7.99. The van der Waals surface area contributed by atoms with Crippen molar-refractivity contribution in [2.24, 2.45) is 17.3 Å². The van der Waals surface area contributed by atoms with Gasteiger partial charge < -0.3 is 5.11 Å². The van der Waals surface area contributed by atoms with E-state index in [4.69, 9.17) is 0 Å². The minimum absolute atomic E-state index is 0.0274. The molecule has 1 N–H and O–H groups in total. The molecule has 0 aliphatic heterocycles. The third-order valence-electron chi connectivity index (χ3n) is 5.54. The lowest BCUT2D eigenvalue weighted by Gasteiger charge is -2.37. The van der Waals surface area contributed by atoms with Crippen LogP contribution in [0.5, 0.6) is 0 Å². The van der Waals surface area contributed by atoms with Gasteiger partial charge in [0.2, 0.25) is 0 Å². The molecule has 0 aromatic heterocycles. The van der Waals surface area contributed by atoms with Gasteiger partial charge in [-0.1, -0.05) is 74.9 Å². The van der Waals surface area contributed by atoms with Crippen molar-refractivity contribution in [3.8, 4) is 0 Å². The van der Waals surface area contributed by atoms with Crippen molar-refractivity contribution in [3.63, 3.8) is 0 Å². The molecule has 0 amide bonds. The fourth-order valence-electron chi connectivity index (χ4n) is 3.54. The highest BCUT2D eigenvalue weighted by Gasteiger charge is 2.35. The van der Waals surface area contributed by atoms with Crippen LogP contribution in [0.1, 0.15) is 57.8 Å². The number of Topliss-reactive ketones (excluding diaryl/α,β-unsaturated/α-hetero) is 1. The molecule has 1 aliphatic rings. The smallest absolute Gasteiger partial charge is 0.168 e. The normalized spacial score (nSPS) is 24.2. The van der Waals surface area contributed by atoms with Gasteiger partial charge in [-0.3, -0.25) is 4.79 Å². The van der Waals surface area contributed by atoms with Crippen LogP contribution < -0.4 is 0 Å². The highest BCUT2D eigenvalue weighted by atomic mass is 16.3. The summed E-state index contributed by atoms with van der Waals surface area (Å²) in [6, 6.07) is 9.19. The molecule has 2 nitrogen and oxygen atoms in total. The summed E-state index contributed by atoms with van der Waals surface area (Å²) in [7, 11) is 0. The van der Waals surface area contributed by atoms with Crippen LogP contribution in [0.25, 0.3) is 0 Å². The highest BCUT2D eigenvalue weighted by Crippen LogP contribution is 2.42. The Kier molecular flexibility index (Phi) is 5.49. The van der Waals surface area contributed by atoms with Gasteiger partial charge in [-0.05, 0) is 32.1 Å². The molecule has 24 heavy (non-hydrogen) atoms. The van der Waals surface area contributed by atoms with Crippen molar-refractivity contribution < 1.29 is 9.90 Å². The van der Waals surface area contributed by atoms with E-state index >= 15 is 0 Å². The third-order valence-corrected chi connectivity index (χ3v) is 5.54. The van der Waals surface area contributed by atoms with Gasteiger partial charge >= 0.3 is 0 Å². The van der Waals surface area contributed by atoms with Crippen molar-refractivity contribution in [2.75, 3.05) is 0 Å². The standard InChI is InChI=1S/C22H30O2/c1-16-10-9-14-21(3,4)19(16)13-15-22(5,24)17(2)20(23)18-11-7-6-8-12-18/h6-8,10-13,15,17,19,24H,9,14H2,1-5H3/b15-13+/t17-,19?,22-/m0/s1. The van der Waals surface area contributed by atoms with Crippen LogP contribution in [0.15, 0.2) is 54.1 Å². The topological polar surface area (TPSA) is 37.3 Å². The molecular weight excluding hydrogens is 296 g/mol. The number of rotatable bonds is 5. The molecule has 1 aromatic rings. The zero-order chi connectivity index (χ0) is 18.0. The number of carbonyl (C=O) groups excluding carboxylic acids is 1. The zero-order valence-electron chi connectivity index (χ0n) is 15.5. The van der Waals surface area contributed by atoms with Crippen LogP contribution in [-0.2, 0) is 0 Å². The van der Waals surface area contributed by atoms with Gasteiger partial charge in [0.15, 0.2) is 5.78 Å². The summed E-state index contributed by atoms with van der Waals surface area (Å²) < 4.78 is 0. The molecule has 130 valence electrons. The Balaban J connectivity index is 2.19. The van der Waals surface area contributed by atoms with E-state index < -0.39 is 11.5 Å². The molecule has 0 bridgehead atoms. The number of carbonyl (C=O) groups is 1. The Bertz CT molecular complexity index is 635. The van der Waals surface area contributed by atoms with Crippen molar-refractivity contribution in [2.45, 2.75) is 53.1 Å². The van der Waals surface area contributed by atoms with E-state index in [1.807, 2.05) is 24.3 Å². The first-order valence-electron chi connectivity index (χ1n) is 8.83. The summed E-state index contributed by atoms with van der Waals surface area (Å²) in [5.41, 5.74) is 1.01. The van der Waals surface area contributed by atoms with E-state index in [0.29, 0.717) is 11.5 Å². The van der Waals surface area contributed by atoms with E-state index in [-0.39, 0.29) is 11.2 Å². The van der Waals surface area contributed by atoms with E-state index in [0.717, 1.165) is 12.8 Å². The predicted octanol–water partition coefficient (Wildman–Crippen LogP) is 5.20. The number of ketones is 1. The lowest BCUT2D eigenvalue weighted by Crippen LogP contribution is -2.36. The summed E-state index contributed by atoms with van der Waals surface area (Å²) in [6.45, 7) is 10.2. The van der Waals surface area contributed by atoms with Gasteiger partial charge in [-0.2, -0.15) is 0 Å². The fraction of sp³-hybridized carbons (Fsp3) is 0.500. The second kappa shape index (κ2) is 7.06. The molecule has 1 aromatic carbocycles. The number of hydrogen-bond acceptors (Lipinski definition) is 2. The monoisotopic (exact) mass is 326 g/mol. The van der Waals surface area contributed by atoms with Gasteiger partial charge in [0, 0.05) is 11.5 Å².